The summed E-state index contributed by atoms with van der Waals surface area (Å²) in [6.07, 6.45) is 1.63. The Kier molecular flexibility index (Phi) is 7.31. The summed E-state index contributed by atoms with van der Waals surface area (Å²) in [5.41, 5.74) is 7.36. The third kappa shape index (κ3) is 5.29. The summed E-state index contributed by atoms with van der Waals surface area (Å²) in [6.45, 7) is 2.77. The van der Waals surface area contributed by atoms with E-state index in [1.165, 1.54) is 6.92 Å². The van der Waals surface area contributed by atoms with Crippen molar-refractivity contribution in [2.24, 2.45) is 11.7 Å². The Morgan fingerprint density at radius 1 is 1.14 bits per heavy atom. The Balaban J connectivity index is 0.00000242. The predicted molar refractivity (Wildman–Crippen MR) is 88.1 cm³/mol. The van der Waals surface area contributed by atoms with Crippen molar-refractivity contribution in [3.05, 3.63) is 24.3 Å². The molecule has 2 amide bonds. The molecule has 1 heterocycles. The molecular weight excluding hydrogens is 306 g/mol. The molecule has 1 aliphatic rings. The quantitative estimate of drug-likeness (QED) is 0.785. The number of amides is 2. The van der Waals surface area contributed by atoms with Crippen molar-refractivity contribution in [1.82, 2.24) is 0 Å². The van der Waals surface area contributed by atoms with E-state index in [4.69, 9.17) is 10.5 Å². The Bertz CT molecular complexity index is 501. The molecule has 0 spiro atoms. The lowest BCUT2D eigenvalue weighted by Gasteiger charge is -2.26. The van der Waals surface area contributed by atoms with Crippen molar-refractivity contribution in [3.8, 4) is 0 Å². The van der Waals surface area contributed by atoms with E-state index >= 15 is 0 Å². The first-order chi connectivity index (χ1) is 10.1. The van der Waals surface area contributed by atoms with Crippen LogP contribution in [-0.2, 0) is 14.3 Å². The van der Waals surface area contributed by atoms with Gasteiger partial charge in [0.15, 0.2) is 0 Å². The molecule has 0 bridgehead atoms. The van der Waals surface area contributed by atoms with E-state index in [1.54, 1.807) is 24.3 Å². The van der Waals surface area contributed by atoms with E-state index in [-0.39, 0.29) is 30.1 Å². The van der Waals surface area contributed by atoms with Gasteiger partial charge in [0.25, 0.3) is 0 Å². The fourth-order valence-electron chi connectivity index (χ4n) is 2.35. The number of nitrogens with two attached hydrogens (primary N) is 1. The van der Waals surface area contributed by atoms with E-state index in [1.807, 2.05) is 0 Å². The summed E-state index contributed by atoms with van der Waals surface area (Å²) >= 11 is 0. The second kappa shape index (κ2) is 8.73. The number of carbonyl (C=O) groups is 2. The summed E-state index contributed by atoms with van der Waals surface area (Å²) in [5.74, 6) is -0.153. The number of carbonyl (C=O) groups excluding carboxylic acids is 2. The second-order valence-corrected chi connectivity index (χ2v) is 5.22. The summed E-state index contributed by atoms with van der Waals surface area (Å²) in [5, 5.41) is 5.47. The van der Waals surface area contributed by atoms with Gasteiger partial charge in [-0.15, -0.1) is 12.4 Å². The molecule has 1 aliphatic heterocycles. The van der Waals surface area contributed by atoms with Crippen molar-refractivity contribution >= 4 is 35.6 Å². The fourth-order valence-corrected chi connectivity index (χ4v) is 2.35. The van der Waals surface area contributed by atoms with Crippen LogP contribution in [-0.4, -0.2) is 31.1 Å². The lowest BCUT2D eigenvalue weighted by molar-refractivity contribution is -0.119. The molecule has 22 heavy (non-hydrogen) atoms. The van der Waals surface area contributed by atoms with Gasteiger partial charge in [-0.05, 0) is 43.0 Å². The van der Waals surface area contributed by atoms with Crippen LogP contribution in [0, 0.1) is 5.92 Å². The molecule has 1 unspecified atom stereocenters. The number of ether oxygens (including phenoxy) is 1. The number of benzene rings is 1. The highest BCUT2D eigenvalue weighted by atomic mass is 35.5. The molecule has 0 saturated carbocycles. The molecule has 0 aromatic heterocycles. The molecular formula is C15H22ClN3O3. The zero-order valence-electron chi connectivity index (χ0n) is 12.5. The fraction of sp³-hybridized carbons (Fsp3) is 0.467. The number of hydrogen-bond donors (Lipinski definition) is 3. The lowest BCUT2D eigenvalue weighted by Crippen LogP contribution is -2.43. The molecule has 2 rings (SSSR count). The Labute approximate surface area is 136 Å². The van der Waals surface area contributed by atoms with Gasteiger partial charge < -0.3 is 21.1 Å². The maximum Gasteiger partial charge on any atom is 0.241 e. The van der Waals surface area contributed by atoms with Gasteiger partial charge in [-0.25, -0.2) is 0 Å². The molecule has 1 aromatic carbocycles. The zero-order chi connectivity index (χ0) is 15.2. The molecule has 1 saturated heterocycles. The van der Waals surface area contributed by atoms with Crippen LogP contribution in [0.5, 0.6) is 0 Å². The van der Waals surface area contributed by atoms with Crippen LogP contribution in [0.2, 0.25) is 0 Å². The average Bonchev–Trinajstić information content (AvgIpc) is 2.49. The zero-order valence-corrected chi connectivity index (χ0v) is 13.3. The van der Waals surface area contributed by atoms with E-state index < -0.39 is 6.04 Å². The molecule has 122 valence electrons. The molecule has 1 aromatic rings. The number of rotatable bonds is 4. The van der Waals surface area contributed by atoms with E-state index in [9.17, 15) is 9.59 Å². The van der Waals surface area contributed by atoms with Gasteiger partial charge in [0.05, 0.1) is 6.04 Å². The first kappa shape index (κ1) is 18.4. The van der Waals surface area contributed by atoms with Gasteiger partial charge in [0.1, 0.15) is 0 Å². The summed E-state index contributed by atoms with van der Waals surface area (Å²) < 4.78 is 5.27. The summed E-state index contributed by atoms with van der Waals surface area (Å²) in [4.78, 5) is 23.1. The SMILES string of the molecule is CC(=O)Nc1ccc(NC(=O)C(N)C2CCOCC2)cc1.Cl. The maximum atomic E-state index is 12.1. The topological polar surface area (TPSA) is 93.5 Å². The molecule has 7 heteroatoms. The Morgan fingerprint density at radius 2 is 1.64 bits per heavy atom. The van der Waals surface area contributed by atoms with Crippen molar-refractivity contribution < 1.29 is 14.3 Å². The molecule has 0 radical (unpaired) electrons. The van der Waals surface area contributed by atoms with E-state index in [0.29, 0.717) is 24.6 Å². The first-order valence-corrected chi connectivity index (χ1v) is 7.08. The van der Waals surface area contributed by atoms with Gasteiger partial charge in [-0.2, -0.15) is 0 Å². The number of anilines is 2. The lowest BCUT2D eigenvalue weighted by atomic mass is 9.92. The Morgan fingerprint density at radius 3 is 2.14 bits per heavy atom. The van der Waals surface area contributed by atoms with Crippen molar-refractivity contribution in [1.29, 1.82) is 0 Å². The van der Waals surface area contributed by atoms with Crippen LogP contribution in [0.3, 0.4) is 0 Å². The van der Waals surface area contributed by atoms with Gasteiger partial charge in [-0.3, -0.25) is 9.59 Å². The second-order valence-electron chi connectivity index (χ2n) is 5.22. The van der Waals surface area contributed by atoms with Crippen LogP contribution < -0.4 is 16.4 Å². The Hall–Kier alpha value is -1.63. The maximum absolute atomic E-state index is 12.1. The van der Waals surface area contributed by atoms with Crippen molar-refractivity contribution in [2.45, 2.75) is 25.8 Å². The van der Waals surface area contributed by atoms with Crippen molar-refractivity contribution in [2.75, 3.05) is 23.8 Å². The molecule has 1 atom stereocenters. The molecule has 1 fully saturated rings. The highest BCUT2D eigenvalue weighted by Crippen LogP contribution is 2.19. The average molecular weight is 328 g/mol. The van der Waals surface area contributed by atoms with Crippen LogP contribution in [0.1, 0.15) is 19.8 Å². The smallest absolute Gasteiger partial charge is 0.241 e. The molecule has 4 N–H and O–H groups in total. The van der Waals surface area contributed by atoms with Crippen LogP contribution in [0.4, 0.5) is 11.4 Å². The highest BCUT2D eigenvalue weighted by molar-refractivity contribution is 5.95. The van der Waals surface area contributed by atoms with Gasteiger partial charge in [0, 0.05) is 31.5 Å². The van der Waals surface area contributed by atoms with Crippen LogP contribution >= 0.6 is 12.4 Å². The largest absolute Gasteiger partial charge is 0.381 e. The standard InChI is InChI=1S/C15H21N3O3.ClH/c1-10(19)17-12-2-4-13(5-3-12)18-15(20)14(16)11-6-8-21-9-7-11;/h2-5,11,14H,6-9,16H2,1H3,(H,17,19)(H,18,20);1H. The minimum Gasteiger partial charge on any atom is -0.381 e. The van der Waals surface area contributed by atoms with Gasteiger partial charge in [0.2, 0.25) is 11.8 Å². The number of nitrogens with one attached hydrogen (secondary N) is 2. The van der Waals surface area contributed by atoms with Crippen LogP contribution in [0.15, 0.2) is 24.3 Å². The molecule has 0 aliphatic carbocycles. The van der Waals surface area contributed by atoms with E-state index in [2.05, 4.69) is 10.6 Å². The minimum atomic E-state index is -0.524. The molecule has 6 nitrogen and oxygen atoms in total. The minimum absolute atomic E-state index is 0. The summed E-state index contributed by atoms with van der Waals surface area (Å²) in [6, 6.07) is 6.41. The third-order valence-electron chi connectivity index (χ3n) is 3.55. The third-order valence-corrected chi connectivity index (χ3v) is 3.55. The summed E-state index contributed by atoms with van der Waals surface area (Å²) in [7, 11) is 0. The van der Waals surface area contributed by atoms with Gasteiger partial charge in [-0.1, -0.05) is 0 Å². The highest BCUT2D eigenvalue weighted by Gasteiger charge is 2.26. The monoisotopic (exact) mass is 327 g/mol. The predicted octanol–water partition coefficient (Wildman–Crippen LogP) is 1.76. The van der Waals surface area contributed by atoms with E-state index in [0.717, 1.165) is 12.8 Å². The van der Waals surface area contributed by atoms with Crippen LogP contribution in [0.25, 0.3) is 0 Å². The number of hydrogen-bond acceptors (Lipinski definition) is 4. The number of halogens is 1. The van der Waals surface area contributed by atoms with Gasteiger partial charge >= 0.3 is 0 Å². The van der Waals surface area contributed by atoms with Crippen molar-refractivity contribution in [3.63, 3.8) is 0 Å². The first-order valence-electron chi connectivity index (χ1n) is 7.08. The normalized spacial score (nSPS) is 16.3.